The Labute approximate surface area is 144 Å². The van der Waals surface area contributed by atoms with E-state index in [9.17, 15) is 19.1 Å². The number of nitrogens with zero attached hydrogens (tertiary/aromatic N) is 1. The number of carboxylic acid groups (broad SMARTS) is 1. The number of methoxy groups -OCH3 is 1. The fourth-order valence-electron chi connectivity index (χ4n) is 3.24. The van der Waals surface area contributed by atoms with E-state index < -0.39 is 17.7 Å². The van der Waals surface area contributed by atoms with Crippen molar-refractivity contribution in [2.45, 2.75) is 5.92 Å². The third-order valence-electron chi connectivity index (χ3n) is 4.55. The second kappa shape index (κ2) is 6.93. The van der Waals surface area contributed by atoms with Gasteiger partial charge in [0.2, 0.25) is 0 Å². The van der Waals surface area contributed by atoms with Crippen LogP contribution < -0.4 is 4.74 Å². The number of hydrogen-bond donors (Lipinski definition) is 1. The highest BCUT2D eigenvalue weighted by atomic mass is 19.1. The average molecular weight is 343 g/mol. The topological polar surface area (TPSA) is 66.8 Å². The van der Waals surface area contributed by atoms with Gasteiger partial charge in [0.25, 0.3) is 5.91 Å². The summed E-state index contributed by atoms with van der Waals surface area (Å²) >= 11 is 0. The van der Waals surface area contributed by atoms with Gasteiger partial charge in [0.15, 0.2) is 11.6 Å². The van der Waals surface area contributed by atoms with E-state index >= 15 is 0 Å². The standard InChI is InChI=1S/C19H18FNO4/c1-25-17-8-7-13(9-16(17)20)18(22)21-10-14(15(11-21)19(23)24)12-5-3-2-4-6-12/h2-9,14-15H,10-11H2,1H3,(H,23,24). The van der Waals surface area contributed by atoms with Crippen LogP contribution in [0.1, 0.15) is 21.8 Å². The van der Waals surface area contributed by atoms with E-state index in [0.717, 1.165) is 11.6 Å². The van der Waals surface area contributed by atoms with Crippen LogP contribution in [0.15, 0.2) is 48.5 Å². The monoisotopic (exact) mass is 343 g/mol. The average Bonchev–Trinajstić information content (AvgIpc) is 3.07. The molecule has 0 aromatic heterocycles. The summed E-state index contributed by atoms with van der Waals surface area (Å²) in [5.74, 6) is -2.86. The van der Waals surface area contributed by atoms with Crippen molar-refractivity contribution in [2.24, 2.45) is 5.92 Å². The first-order chi connectivity index (χ1) is 12.0. The van der Waals surface area contributed by atoms with E-state index in [2.05, 4.69) is 0 Å². The zero-order valence-corrected chi connectivity index (χ0v) is 13.7. The van der Waals surface area contributed by atoms with Crippen LogP contribution in [0.3, 0.4) is 0 Å². The van der Waals surface area contributed by atoms with Crippen molar-refractivity contribution in [3.05, 3.63) is 65.5 Å². The van der Waals surface area contributed by atoms with Gasteiger partial charge >= 0.3 is 5.97 Å². The van der Waals surface area contributed by atoms with E-state index in [1.54, 1.807) is 0 Å². The Morgan fingerprint density at radius 3 is 2.48 bits per heavy atom. The lowest BCUT2D eigenvalue weighted by Crippen LogP contribution is -2.30. The third-order valence-corrected chi connectivity index (χ3v) is 4.55. The zero-order valence-electron chi connectivity index (χ0n) is 13.7. The lowest BCUT2D eigenvalue weighted by molar-refractivity contribution is -0.141. The summed E-state index contributed by atoms with van der Waals surface area (Å²) in [6.07, 6.45) is 0. The van der Waals surface area contributed by atoms with Crippen LogP contribution in [0.25, 0.3) is 0 Å². The number of aliphatic carboxylic acids is 1. The molecular formula is C19H18FNO4. The first kappa shape index (κ1) is 17.0. The number of carboxylic acids is 1. The van der Waals surface area contributed by atoms with Gasteiger partial charge in [-0.25, -0.2) is 4.39 Å². The number of amides is 1. The molecule has 1 N–H and O–H groups in total. The zero-order chi connectivity index (χ0) is 18.0. The predicted octanol–water partition coefficient (Wildman–Crippen LogP) is 2.77. The second-order valence-electron chi connectivity index (χ2n) is 6.02. The lowest BCUT2D eigenvalue weighted by atomic mass is 9.89. The van der Waals surface area contributed by atoms with E-state index in [1.165, 1.54) is 24.1 Å². The Morgan fingerprint density at radius 2 is 1.88 bits per heavy atom. The maximum absolute atomic E-state index is 13.9. The SMILES string of the molecule is COc1ccc(C(=O)N2CC(C(=O)O)C(c3ccccc3)C2)cc1F. The summed E-state index contributed by atoms with van der Waals surface area (Å²) in [6, 6.07) is 13.3. The Bertz CT molecular complexity index is 793. The van der Waals surface area contributed by atoms with E-state index in [0.29, 0.717) is 0 Å². The Balaban J connectivity index is 1.85. The molecule has 6 heteroatoms. The molecule has 130 valence electrons. The minimum atomic E-state index is -0.940. The summed E-state index contributed by atoms with van der Waals surface area (Å²) in [5, 5.41) is 9.51. The molecule has 1 aliphatic rings. The maximum Gasteiger partial charge on any atom is 0.308 e. The van der Waals surface area contributed by atoms with Crippen molar-refractivity contribution in [3.63, 3.8) is 0 Å². The summed E-state index contributed by atoms with van der Waals surface area (Å²) in [7, 11) is 1.35. The minimum absolute atomic E-state index is 0.0588. The fourth-order valence-corrected chi connectivity index (χ4v) is 3.24. The van der Waals surface area contributed by atoms with Crippen molar-refractivity contribution < 1.29 is 23.8 Å². The number of ether oxygens (including phenoxy) is 1. The molecule has 2 atom stereocenters. The Morgan fingerprint density at radius 1 is 1.16 bits per heavy atom. The highest BCUT2D eigenvalue weighted by molar-refractivity contribution is 5.95. The number of rotatable bonds is 4. The molecule has 5 nitrogen and oxygen atoms in total. The van der Waals surface area contributed by atoms with Gasteiger partial charge in [0, 0.05) is 24.6 Å². The van der Waals surface area contributed by atoms with Crippen LogP contribution in [0.2, 0.25) is 0 Å². The molecule has 1 amide bonds. The van der Waals surface area contributed by atoms with Gasteiger partial charge in [0.1, 0.15) is 0 Å². The van der Waals surface area contributed by atoms with Crippen LogP contribution >= 0.6 is 0 Å². The molecule has 0 saturated carbocycles. The van der Waals surface area contributed by atoms with Crippen molar-refractivity contribution >= 4 is 11.9 Å². The minimum Gasteiger partial charge on any atom is -0.494 e. The van der Waals surface area contributed by atoms with Crippen LogP contribution in [-0.4, -0.2) is 42.1 Å². The van der Waals surface area contributed by atoms with Gasteiger partial charge < -0.3 is 14.7 Å². The molecular weight excluding hydrogens is 325 g/mol. The molecule has 1 heterocycles. The number of carbonyl (C=O) groups excluding carboxylic acids is 1. The molecule has 0 radical (unpaired) electrons. The van der Waals surface area contributed by atoms with Gasteiger partial charge in [0.05, 0.1) is 13.0 Å². The maximum atomic E-state index is 13.9. The molecule has 2 aromatic carbocycles. The smallest absolute Gasteiger partial charge is 0.308 e. The summed E-state index contributed by atoms with van der Waals surface area (Å²) in [5.41, 5.74) is 1.06. The first-order valence-electron chi connectivity index (χ1n) is 7.92. The van der Waals surface area contributed by atoms with E-state index in [1.807, 2.05) is 30.3 Å². The molecule has 3 rings (SSSR count). The molecule has 2 aromatic rings. The molecule has 2 unspecified atom stereocenters. The fraction of sp³-hybridized carbons (Fsp3) is 0.263. The van der Waals surface area contributed by atoms with Crippen molar-refractivity contribution in [2.75, 3.05) is 20.2 Å². The van der Waals surface area contributed by atoms with Gasteiger partial charge in [-0.05, 0) is 23.8 Å². The van der Waals surface area contributed by atoms with Crippen LogP contribution in [0, 0.1) is 11.7 Å². The molecule has 1 aliphatic heterocycles. The number of hydrogen-bond acceptors (Lipinski definition) is 3. The predicted molar refractivity (Wildman–Crippen MR) is 89.2 cm³/mol. The lowest BCUT2D eigenvalue weighted by Gasteiger charge is -2.17. The number of benzene rings is 2. The van der Waals surface area contributed by atoms with Crippen LogP contribution in [-0.2, 0) is 4.79 Å². The summed E-state index contributed by atoms with van der Waals surface area (Å²) < 4.78 is 18.7. The molecule has 0 spiro atoms. The first-order valence-corrected chi connectivity index (χ1v) is 7.92. The summed E-state index contributed by atoms with van der Waals surface area (Å²) in [6.45, 7) is 0.384. The molecule has 25 heavy (non-hydrogen) atoms. The van der Waals surface area contributed by atoms with Gasteiger partial charge in [-0.3, -0.25) is 9.59 Å². The second-order valence-corrected chi connectivity index (χ2v) is 6.02. The molecule has 1 saturated heterocycles. The van der Waals surface area contributed by atoms with Crippen molar-refractivity contribution in [3.8, 4) is 5.75 Å². The quantitative estimate of drug-likeness (QED) is 0.927. The number of halogens is 1. The normalized spacial score (nSPS) is 19.7. The molecule has 1 fully saturated rings. The van der Waals surface area contributed by atoms with E-state index in [-0.39, 0.29) is 36.2 Å². The highest BCUT2D eigenvalue weighted by Crippen LogP contribution is 2.34. The van der Waals surface area contributed by atoms with Gasteiger partial charge in [-0.2, -0.15) is 0 Å². The molecule has 0 bridgehead atoms. The van der Waals surface area contributed by atoms with Gasteiger partial charge in [-0.1, -0.05) is 30.3 Å². The third kappa shape index (κ3) is 3.33. The largest absolute Gasteiger partial charge is 0.494 e. The Kier molecular flexibility index (Phi) is 4.70. The number of carbonyl (C=O) groups is 2. The van der Waals surface area contributed by atoms with Crippen LogP contribution in [0.4, 0.5) is 4.39 Å². The van der Waals surface area contributed by atoms with Crippen LogP contribution in [0.5, 0.6) is 5.75 Å². The van der Waals surface area contributed by atoms with E-state index in [4.69, 9.17) is 4.74 Å². The van der Waals surface area contributed by atoms with Gasteiger partial charge in [-0.15, -0.1) is 0 Å². The summed E-state index contributed by atoms with van der Waals surface area (Å²) in [4.78, 5) is 25.8. The van der Waals surface area contributed by atoms with Crippen molar-refractivity contribution in [1.29, 1.82) is 0 Å². The molecule has 0 aliphatic carbocycles. The Hall–Kier alpha value is -2.89. The highest BCUT2D eigenvalue weighted by Gasteiger charge is 2.40. The number of likely N-dealkylation sites (tertiary alicyclic amines) is 1. The van der Waals surface area contributed by atoms with Crippen molar-refractivity contribution in [1.82, 2.24) is 4.90 Å².